The zero-order chi connectivity index (χ0) is 18.7. The summed E-state index contributed by atoms with van der Waals surface area (Å²) in [6.07, 6.45) is 2.79. The van der Waals surface area contributed by atoms with Gasteiger partial charge in [-0.15, -0.1) is 0 Å². The quantitative estimate of drug-likeness (QED) is 0.676. The Hall–Kier alpha value is -1.51. The van der Waals surface area contributed by atoms with Crippen LogP contribution >= 0.6 is 12.2 Å². The molecule has 1 aliphatic rings. The van der Waals surface area contributed by atoms with Gasteiger partial charge in [0.25, 0.3) is 0 Å². The van der Waals surface area contributed by atoms with E-state index in [-0.39, 0.29) is 17.5 Å². The van der Waals surface area contributed by atoms with Gasteiger partial charge in [-0.3, -0.25) is 4.90 Å². The summed E-state index contributed by atoms with van der Waals surface area (Å²) in [7, 11) is -0.995. The second-order valence-electron chi connectivity index (χ2n) is 6.89. The molecule has 0 N–H and O–H groups in total. The fraction of sp³-hybridized carbons (Fsp3) is 0.556. The van der Waals surface area contributed by atoms with Crippen molar-refractivity contribution in [3.63, 3.8) is 0 Å². The summed E-state index contributed by atoms with van der Waals surface area (Å²) in [5.74, 6) is 1.34. The van der Waals surface area contributed by atoms with E-state index in [2.05, 4.69) is 11.8 Å². The summed E-state index contributed by atoms with van der Waals surface area (Å²) in [6.45, 7) is 3.53. The third kappa shape index (κ3) is 4.24. The van der Waals surface area contributed by atoms with Gasteiger partial charge in [0.05, 0.1) is 18.2 Å². The molecule has 0 amide bonds. The fourth-order valence-electron chi connectivity index (χ4n) is 3.38. The summed E-state index contributed by atoms with van der Waals surface area (Å²) in [5, 5.41) is 4.72. The zero-order valence-corrected chi connectivity index (χ0v) is 17.0. The summed E-state index contributed by atoms with van der Waals surface area (Å²) >= 11 is 5.58. The van der Waals surface area contributed by atoms with Gasteiger partial charge in [-0.05, 0) is 25.1 Å². The number of aromatic nitrogens is 3. The van der Waals surface area contributed by atoms with Crippen LogP contribution < -0.4 is 0 Å². The molecular weight excluding hydrogens is 368 g/mol. The van der Waals surface area contributed by atoms with Gasteiger partial charge >= 0.3 is 0 Å². The monoisotopic (exact) mass is 394 g/mol. The van der Waals surface area contributed by atoms with E-state index >= 15 is 0 Å². The lowest BCUT2D eigenvalue weighted by atomic mass is 10.2. The van der Waals surface area contributed by atoms with Crippen molar-refractivity contribution in [2.45, 2.75) is 38.9 Å². The molecule has 1 atom stereocenters. The van der Waals surface area contributed by atoms with Gasteiger partial charge in [0.1, 0.15) is 0 Å². The van der Waals surface area contributed by atoms with Crippen molar-refractivity contribution < 1.29 is 8.42 Å². The molecule has 6 nitrogen and oxygen atoms in total. The summed E-state index contributed by atoms with van der Waals surface area (Å²) in [5.41, 5.74) is 1.02. The molecule has 0 radical (unpaired) electrons. The highest BCUT2D eigenvalue weighted by Crippen LogP contribution is 2.21. The van der Waals surface area contributed by atoms with Crippen molar-refractivity contribution in [2.24, 2.45) is 7.05 Å². The average molecular weight is 395 g/mol. The Kier molecular flexibility index (Phi) is 5.94. The molecule has 2 heterocycles. The van der Waals surface area contributed by atoms with E-state index in [9.17, 15) is 8.42 Å². The van der Waals surface area contributed by atoms with Gasteiger partial charge in [-0.1, -0.05) is 43.7 Å². The van der Waals surface area contributed by atoms with E-state index in [1.165, 1.54) is 0 Å². The largest absolute Gasteiger partial charge is 0.303 e. The second-order valence-corrected chi connectivity index (χ2v) is 9.49. The van der Waals surface area contributed by atoms with E-state index in [0.717, 1.165) is 30.8 Å². The van der Waals surface area contributed by atoms with E-state index in [0.29, 0.717) is 17.9 Å². The van der Waals surface area contributed by atoms with Gasteiger partial charge in [0.2, 0.25) is 0 Å². The molecule has 1 aliphatic heterocycles. The van der Waals surface area contributed by atoms with Crippen LogP contribution in [0.2, 0.25) is 0 Å². The highest BCUT2D eigenvalue weighted by molar-refractivity contribution is 7.91. The smallest absolute Gasteiger partial charge is 0.199 e. The highest BCUT2D eigenvalue weighted by Gasteiger charge is 2.32. The van der Waals surface area contributed by atoms with Crippen molar-refractivity contribution in [3.05, 3.63) is 35.1 Å². The van der Waals surface area contributed by atoms with Gasteiger partial charge in [-0.25, -0.2) is 13.1 Å². The molecule has 3 rings (SSSR count). The summed E-state index contributed by atoms with van der Waals surface area (Å²) in [6, 6.07) is 10.0. The van der Waals surface area contributed by atoms with Gasteiger partial charge in [-0.2, -0.15) is 5.10 Å². The first-order valence-electron chi connectivity index (χ1n) is 9.05. The zero-order valence-electron chi connectivity index (χ0n) is 15.3. The fourth-order valence-corrected chi connectivity index (χ4v) is 5.33. The Morgan fingerprint density at radius 3 is 2.65 bits per heavy atom. The maximum Gasteiger partial charge on any atom is 0.199 e. The third-order valence-electron chi connectivity index (χ3n) is 4.91. The van der Waals surface area contributed by atoms with E-state index in [4.69, 9.17) is 17.3 Å². The SMILES string of the molecule is CCCCN(Cn1nc(-c2ccccc2)n(C)c1=S)[C@H]1CCS(=O)(=O)C1. The standard InChI is InChI=1S/C18H26N4O2S2/c1-3-4-11-21(16-10-12-26(23,24)13-16)14-22-18(25)20(2)17(19-22)15-8-6-5-7-9-15/h5-9,16H,3-4,10-14H2,1-2H3/t16-/m0/s1. The summed E-state index contributed by atoms with van der Waals surface area (Å²) in [4.78, 5) is 2.23. The second kappa shape index (κ2) is 8.02. The number of benzene rings is 1. The van der Waals surface area contributed by atoms with Crippen LogP contribution in [0.15, 0.2) is 30.3 Å². The number of unbranched alkanes of at least 4 members (excludes halogenated alkanes) is 1. The molecule has 1 aromatic carbocycles. The van der Waals surface area contributed by atoms with Crippen molar-refractivity contribution in [3.8, 4) is 11.4 Å². The number of rotatable bonds is 7. The predicted octanol–water partition coefficient (Wildman–Crippen LogP) is 2.86. The molecule has 142 valence electrons. The Balaban J connectivity index is 1.86. The van der Waals surface area contributed by atoms with Gasteiger partial charge < -0.3 is 4.57 Å². The van der Waals surface area contributed by atoms with Crippen LogP contribution in [0, 0.1) is 4.77 Å². The topological polar surface area (TPSA) is 60.1 Å². The van der Waals surface area contributed by atoms with E-state index in [1.54, 1.807) is 0 Å². The van der Waals surface area contributed by atoms with Crippen LogP contribution in [-0.4, -0.2) is 51.8 Å². The maximum atomic E-state index is 11.9. The minimum absolute atomic E-state index is 0.0515. The minimum atomic E-state index is -2.92. The first-order chi connectivity index (χ1) is 12.4. The molecule has 1 saturated heterocycles. The molecule has 0 spiro atoms. The number of hydrogen-bond donors (Lipinski definition) is 0. The Labute approximate surface area is 160 Å². The first kappa shape index (κ1) is 19.3. The van der Waals surface area contributed by atoms with Crippen molar-refractivity contribution in [1.29, 1.82) is 0 Å². The molecule has 0 bridgehead atoms. The average Bonchev–Trinajstić information content (AvgIpc) is 3.13. The highest BCUT2D eigenvalue weighted by atomic mass is 32.2. The van der Waals surface area contributed by atoms with Crippen molar-refractivity contribution in [2.75, 3.05) is 18.1 Å². The molecular formula is C18H26N4O2S2. The van der Waals surface area contributed by atoms with Crippen LogP contribution in [0.3, 0.4) is 0 Å². The molecule has 0 saturated carbocycles. The number of sulfone groups is 1. The lowest BCUT2D eigenvalue weighted by molar-refractivity contribution is 0.152. The molecule has 0 aliphatic carbocycles. The predicted molar refractivity (Wildman–Crippen MR) is 106 cm³/mol. The van der Waals surface area contributed by atoms with Crippen molar-refractivity contribution >= 4 is 22.1 Å². The van der Waals surface area contributed by atoms with E-state index in [1.807, 2.05) is 46.6 Å². The molecule has 1 aromatic heterocycles. The normalized spacial score (nSPS) is 19.3. The Morgan fingerprint density at radius 2 is 2.04 bits per heavy atom. The third-order valence-corrected chi connectivity index (χ3v) is 7.15. The lowest BCUT2D eigenvalue weighted by Crippen LogP contribution is -2.38. The van der Waals surface area contributed by atoms with Crippen LogP contribution in [0.4, 0.5) is 0 Å². The Morgan fingerprint density at radius 1 is 1.31 bits per heavy atom. The van der Waals surface area contributed by atoms with Crippen LogP contribution in [0.25, 0.3) is 11.4 Å². The van der Waals surface area contributed by atoms with Crippen LogP contribution in [-0.2, 0) is 23.6 Å². The number of nitrogens with zero attached hydrogens (tertiary/aromatic N) is 4. The molecule has 8 heteroatoms. The van der Waals surface area contributed by atoms with Crippen molar-refractivity contribution in [1.82, 2.24) is 19.2 Å². The first-order valence-corrected chi connectivity index (χ1v) is 11.3. The summed E-state index contributed by atoms with van der Waals surface area (Å²) < 4.78 is 28.2. The number of hydrogen-bond acceptors (Lipinski definition) is 5. The lowest BCUT2D eigenvalue weighted by Gasteiger charge is -2.27. The van der Waals surface area contributed by atoms with Crippen LogP contribution in [0.1, 0.15) is 26.2 Å². The molecule has 26 heavy (non-hydrogen) atoms. The van der Waals surface area contributed by atoms with E-state index < -0.39 is 9.84 Å². The molecule has 0 unspecified atom stereocenters. The molecule has 2 aromatic rings. The van der Waals surface area contributed by atoms with Gasteiger partial charge in [0.15, 0.2) is 20.4 Å². The minimum Gasteiger partial charge on any atom is -0.303 e. The molecule has 1 fully saturated rings. The Bertz CT molecular complexity index is 903. The van der Waals surface area contributed by atoms with Crippen LogP contribution in [0.5, 0.6) is 0 Å². The van der Waals surface area contributed by atoms with Gasteiger partial charge in [0, 0.05) is 25.2 Å². The maximum absolute atomic E-state index is 11.9.